The van der Waals surface area contributed by atoms with E-state index >= 15 is 0 Å². The molecular weight excluding hydrogens is 315 g/mol. The van der Waals surface area contributed by atoms with E-state index in [2.05, 4.69) is 10.4 Å². The number of carbonyl (C=O) groups excluding carboxylic acids is 1. The van der Waals surface area contributed by atoms with Crippen LogP contribution in [-0.2, 0) is 13.2 Å². The molecule has 1 unspecified atom stereocenters. The largest absolute Gasteiger partial charge is 0.435 e. The van der Waals surface area contributed by atoms with Gasteiger partial charge in [-0.15, -0.1) is 11.3 Å². The zero-order valence-corrected chi connectivity index (χ0v) is 13.2. The molecule has 2 aromatic heterocycles. The predicted octanol–water partition coefficient (Wildman–Crippen LogP) is 4.27. The lowest BCUT2D eigenvalue weighted by atomic mass is 10.1. The summed E-state index contributed by atoms with van der Waals surface area (Å²) in [5, 5.41) is 7.72. The monoisotopic (exact) mass is 331 g/mol. The maximum atomic E-state index is 12.9. The van der Waals surface area contributed by atoms with E-state index in [9.17, 15) is 18.0 Å². The Labute approximate surface area is 129 Å². The number of anilines is 1. The molecule has 8 heteroatoms. The standard InChI is InChI=1S/C14H16F3N3OS/c1-4-8(2)11-10(5-6-22-11)18-13(21)9-7-20(3)19-12(9)14(15,16)17/h5-8H,4H2,1-3H3,(H,18,21). The zero-order chi connectivity index (χ0) is 16.5. The second-order valence-corrected chi connectivity index (χ2v) is 5.97. The maximum absolute atomic E-state index is 12.9. The number of aromatic nitrogens is 2. The minimum Gasteiger partial charge on any atom is -0.321 e. The van der Waals surface area contributed by atoms with Crippen molar-refractivity contribution in [2.24, 2.45) is 7.05 Å². The number of amides is 1. The molecule has 2 aromatic rings. The molecule has 120 valence electrons. The van der Waals surface area contributed by atoms with Gasteiger partial charge in [0.2, 0.25) is 0 Å². The van der Waals surface area contributed by atoms with Gasteiger partial charge in [-0.3, -0.25) is 9.48 Å². The van der Waals surface area contributed by atoms with Crippen molar-refractivity contribution >= 4 is 22.9 Å². The zero-order valence-electron chi connectivity index (χ0n) is 12.4. The molecular formula is C14H16F3N3OS. The third-order valence-electron chi connectivity index (χ3n) is 3.35. The van der Waals surface area contributed by atoms with E-state index in [4.69, 9.17) is 0 Å². The molecule has 0 radical (unpaired) electrons. The van der Waals surface area contributed by atoms with Gasteiger partial charge in [0, 0.05) is 18.1 Å². The minimum absolute atomic E-state index is 0.228. The lowest BCUT2D eigenvalue weighted by molar-refractivity contribution is -0.141. The summed E-state index contributed by atoms with van der Waals surface area (Å²) in [5.74, 6) is -0.574. The van der Waals surface area contributed by atoms with Gasteiger partial charge in [-0.1, -0.05) is 13.8 Å². The van der Waals surface area contributed by atoms with Crippen LogP contribution >= 0.6 is 11.3 Å². The molecule has 0 saturated heterocycles. The van der Waals surface area contributed by atoms with Crippen LogP contribution in [0.1, 0.15) is 47.1 Å². The number of nitrogens with one attached hydrogen (secondary N) is 1. The van der Waals surface area contributed by atoms with E-state index in [1.807, 2.05) is 19.2 Å². The fourth-order valence-electron chi connectivity index (χ4n) is 2.04. The van der Waals surface area contributed by atoms with Crippen molar-refractivity contribution in [3.05, 3.63) is 33.8 Å². The molecule has 1 atom stereocenters. The first-order valence-corrected chi connectivity index (χ1v) is 7.61. The first kappa shape index (κ1) is 16.5. The van der Waals surface area contributed by atoms with Gasteiger partial charge >= 0.3 is 6.18 Å². The van der Waals surface area contributed by atoms with Gasteiger partial charge in [-0.2, -0.15) is 18.3 Å². The van der Waals surface area contributed by atoms with Crippen LogP contribution in [0.25, 0.3) is 0 Å². The number of hydrogen-bond acceptors (Lipinski definition) is 3. The molecule has 1 amide bonds. The van der Waals surface area contributed by atoms with Gasteiger partial charge < -0.3 is 5.32 Å². The van der Waals surface area contributed by atoms with Crippen LogP contribution in [0.3, 0.4) is 0 Å². The predicted molar refractivity (Wildman–Crippen MR) is 79.2 cm³/mol. The average Bonchev–Trinajstić information content (AvgIpc) is 3.03. The van der Waals surface area contributed by atoms with Gasteiger partial charge in [0.25, 0.3) is 5.91 Å². The van der Waals surface area contributed by atoms with Gasteiger partial charge in [-0.25, -0.2) is 0 Å². The lowest BCUT2D eigenvalue weighted by Gasteiger charge is -2.11. The topological polar surface area (TPSA) is 46.9 Å². The number of aryl methyl sites for hydroxylation is 1. The Morgan fingerprint density at radius 3 is 2.77 bits per heavy atom. The molecule has 0 aliphatic rings. The molecule has 0 saturated carbocycles. The van der Waals surface area contributed by atoms with Crippen LogP contribution in [0.4, 0.5) is 18.9 Å². The number of alkyl halides is 3. The van der Waals surface area contributed by atoms with E-state index in [-0.39, 0.29) is 5.92 Å². The minimum atomic E-state index is -4.66. The quantitative estimate of drug-likeness (QED) is 0.909. The Morgan fingerprint density at radius 1 is 1.50 bits per heavy atom. The Hall–Kier alpha value is -1.83. The highest BCUT2D eigenvalue weighted by atomic mass is 32.1. The molecule has 0 bridgehead atoms. The number of thiophene rings is 1. The van der Waals surface area contributed by atoms with Gasteiger partial charge in [0.15, 0.2) is 5.69 Å². The van der Waals surface area contributed by atoms with Crippen LogP contribution in [0, 0.1) is 0 Å². The SMILES string of the molecule is CCC(C)c1sccc1NC(=O)c1cn(C)nc1C(F)(F)F. The molecule has 22 heavy (non-hydrogen) atoms. The summed E-state index contributed by atoms with van der Waals surface area (Å²) in [6.07, 6.45) is -2.71. The average molecular weight is 331 g/mol. The molecule has 0 spiro atoms. The fourth-order valence-corrected chi connectivity index (χ4v) is 3.04. The van der Waals surface area contributed by atoms with Crippen LogP contribution < -0.4 is 5.32 Å². The molecule has 0 aliphatic heterocycles. The van der Waals surface area contributed by atoms with Gasteiger partial charge in [0.1, 0.15) is 0 Å². The Kier molecular flexibility index (Phi) is 4.60. The third kappa shape index (κ3) is 3.32. The van der Waals surface area contributed by atoms with Gasteiger partial charge in [0.05, 0.1) is 11.3 Å². The number of hydrogen-bond donors (Lipinski definition) is 1. The molecule has 0 aromatic carbocycles. The van der Waals surface area contributed by atoms with Crippen LogP contribution in [0.2, 0.25) is 0 Å². The van der Waals surface area contributed by atoms with Crippen LogP contribution in [0.5, 0.6) is 0 Å². The maximum Gasteiger partial charge on any atom is 0.435 e. The molecule has 2 heterocycles. The fraction of sp³-hybridized carbons (Fsp3) is 0.429. The first-order valence-electron chi connectivity index (χ1n) is 6.73. The summed E-state index contributed by atoms with van der Waals surface area (Å²) in [6.45, 7) is 4.02. The molecule has 2 rings (SSSR count). The summed E-state index contributed by atoms with van der Waals surface area (Å²) < 4.78 is 39.7. The van der Waals surface area contributed by atoms with Crippen LogP contribution in [-0.4, -0.2) is 15.7 Å². The van der Waals surface area contributed by atoms with E-state index in [1.54, 1.807) is 6.07 Å². The normalized spacial score (nSPS) is 13.2. The number of nitrogens with zero attached hydrogens (tertiary/aromatic N) is 2. The number of carbonyl (C=O) groups is 1. The summed E-state index contributed by atoms with van der Waals surface area (Å²) in [6, 6.07) is 1.70. The second kappa shape index (κ2) is 6.12. The van der Waals surface area contributed by atoms with Crippen LogP contribution in [0.15, 0.2) is 17.6 Å². The molecule has 0 aliphatic carbocycles. The summed E-state index contributed by atoms with van der Waals surface area (Å²) in [5.41, 5.74) is -1.09. The second-order valence-electron chi connectivity index (χ2n) is 5.02. The molecule has 0 fully saturated rings. The van der Waals surface area contributed by atoms with Gasteiger partial charge in [-0.05, 0) is 23.8 Å². The number of rotatable bonds is 4. The van der Waals surface area contributed by atoms with Crippen molar-refractivity contribution in [1.82, 2.24) is 9.78 Å². The third-order valence-corrected chi connectivity index (χ3v) is 4.49. The van der Waals surface area contributed by atoms with E-state index in [0.29, 0.717) is 5.69 Å². The summed E-state index contributed by atoms with van der Waals surface area (Å²) in [7, 11) is 1.35. The Bertz CT molecular complexity index is 675. The first-order chi connectivity index (χ1) is 10.2. The number of halogens is 3. The van der Waals surface area contributed by atoms with Crippen molar-refractivity contribution < 1.29 is 18.0 Å². The summed E-state index contributed by atoms with van der Waals surface area (Å²) in [4.78, 5) is 13.1. The van der Waals surface area contributed by atoms with Crippen molar-refractivity contribution in [1.29, 1.82) is 0 Å². The lowest BCUT2D eigenvalue weighted by Crippen LogP contribution is -2.18. The highest BCUT2D eigenvalue weighted by molar-refractivity contribution is 7.10. The van der Waals surface area contributed by atoms with E-state index in [1.165, 1.54) is 18.4 Å². The van der Waals surface area contributed by atoms with Crippen molar-refractivity contribution in [2.45, 2.75) is 32.4 Å². The Balaban J connectivity index is 2.30. The van der Waals surface area contributed by atoms with Crippen molar-refractivity contribution in [3.63, 3.8) is 0 Å². The van der Waals surface area contributed by atoms with E-state index in [0.717, 1.165) is 22.2 Å². The smallest absolute Gasteiger partial charge is 0.321 e. The highest BCUT2D eigenvalue weighted by Gasteiger charge is 2.39. The molecule has 4 nitrogen and oxygen atoms in total. The highest BCUT2D eigenvalue weighted by Crippen LogP contribution is 2.34. The Morgan fingerprint density at radius 2 is 2.18 bits per heavy atom. The molecule has 1 N–H and O–H groups in total. The van der Waals surface area contributed by atoms with Crippen molar-refractivity contribution in [2.75, 3.05) is 5.32 Å². The van der Waals surface area contributed by atoms with E-state index < -0.39 is 23.3 Å². The van der Waals surface area contributed by atoms with Crippen molar-refractivity contribution in [3.8, 4) is 0 Å². The summed E-state index contributed by atoms with van der Waals surface area (Å²) >= 11 is 1.48.